The van der Waals surface area contributed by atoms with Gasteiger partial charge in [-0.3, -0.25) is 9.80 Å². The molecule has 350 valence electrons. The predicted octanol–water partition coefficient (Wildman–Crippen LogP) is 5.85. The number of carbonyl (C=O) groups is 2. The molecule has 3 saturated heterocycles. The third kappa shape index (κ3) is 7.67. The van der Waals surface area contributed by atoms with Crippen molar-refractivity contribution in [3.05, 3.63) is 105 Å². The zero-order valence-electron chi connectivity index (χ0n) is 38.6. The number of piperazine rings is 1. The van der Waals surface area contributed by atoms with Crippen LogP contribution < -0.4 is 14.8 Å². The van der Waals surface area contributed by atoms with Gasteiger partial charge < -0.3 is 48.7 Å². The average molecular weight is 923 g/mol. The summed E-state index contributed by atoms with van der Waals surface area (Å²) in [6, 6.07) is 16.9. The molecular formula is C50H58N4O11S. The van der Waals surface area contributed by atoms with Crippen LogP contribution in [0.5, 0.6) is 11.5 Å². The zero-order valence-corrected chi connectivity index (χ0v) is 39.4. The fourth-order valence-electron chi connectivity index (χ4n) is 11.3. The van der Waals surface area contributed by atoms with Crippen LogP contribution in [0, 0.1) is 18.3 Å². The fourth-order valence-corrected chi connectivity index (χ4v) is 12.5. The quantitative estimate of drug-likeness (QED) is 0.145. The van der Waals surface area contributed by atoms with Gasteiger partial charge in [-0.2, -0.15) is 17.0 Å². The number of carbonyl (C=O) groups excluding carboxylic acids is 2. The molecule has 66 heavy (non-hydrogen) atoms. The largest absolute Gasteiger partial charge is 0.493 e. The maximum absolute atomic E-state index is 14.6. The van der Waals surface area contributed by atoms with Gasteiger partial charge in [-0.25, -0.2) is 9.59 Å². The van der Waals surface area contributed by atoms with Gasteiger partial charge in [0.05, 0.1) is 25.3 Å². The van der Waals surface area contributed by atoms with Crippen molar-refractivity contribution < 1.29 is 53.0 Å². The van der Waals surface area contributed by atoms with Gasteiger partial charge in [0.15, 0.2) is 29.8 Å². The minimum absolute atomic E-state index is 0.0302. The third-order valence-corrected chi connectivity index (χ3v) is 15.1. The number of benzene rings is 3. The van der Waals surface area contributed by atoms with Crippen LogP contribution in [0.15, 0.2) is 77.3 Å². The third-order valence-electron chi connectivity index (χ3n) is 14.0. The lowest BCUT2D eigenvalue weighted by Gasteiger charge is -2.63. The number of rotatable bonds is 12. The van der Waals surface area contributed by atoms with E-state index in [-0.39, 0.29) is 55.7 Å². The number of methoxy groups -OCH3 is 2. The molecule has 2 bridgehead atoms. The first kappa shape index (κ1) is 45.9. The number of ether oxygens (including phenoxy) is 7. The van der Waals surface area contributed by atoms with Crippen molar-refractivity contribution in [1.29, 1.82) is 5.26 Å². The Bertz CT molecular complexity index is 2490. The SMILES string of the molecule is COCOc1c(OC)c(C)cc2c1[C@@H]1C3CC4(O)C(=C5OCOC5=C(C)C4O)[C@H](COC(=O)[C@@H](CSCC4c5ccccc5-c5ccccc54)NC(=O)OC(C)(C)C)N3[C@@H](C#N)[C@H](C2)N1C. The number of piperidine rings is 1. The van der Waals surface area contributed by atoms with E-state index in [0.29, 0.717) is 35.0 Å². The number of nitrogens with one attached hydrogen (secondary N) is 1. The number of aryl methyl sites for hydroxylation is 1. The summed E-state index contributed by atoms with van der Waals surface area (Å²) in [6.07, 6.45) is -1.76. The van der Waals surface area contributed by atoms with Crippen LogP contribution in [0.4, 0.5) is 4.79 Å². The van der Waals surface area contributed by atoms with E-state index < -0.39 is 59.6 Å². The molecule has 0 radical (unpaired) electrons. The lowest BCUT2D eigenvalue weighted by molar-refractivity contribution is -0.162. The number of hydrogen-bond donors (Lipinski definition) is 3. The summed E-state index contributed by atoms with van der Waals surface area (Å²) in [5.41, 5.74) is 5.29. The van der Waals surface area contributed by atoms with Crippen LogP contribution in [-0.2, 0) is 34.9 Å². The number of thioether (sulfide) groups is 1. The number of nitriles is 1. The second kappa shape index (κ2) is 17.7. The summed E-state index contributed by atoms with van der Waals surface area (Å²) >= 11 is 1.52. The molecule has 3 N–H and O–H groups in total. The minimum Gasteiger partial charge on any atom is -0.493 e. The van der Waals surface area contributed by atoms with Gasteiger partial charge in [0.1, 0.15) is 36.0 Å². The normalized spacial score (nSPS) is 26.9. The van der Waals surface area contributed by atoms with Crippen LogP contribution in [0.25, 0.3) is 11.1 Å². The maximum atomic E-state index is 14.6. The molecule has 0 aromatic heterocycles. The fraction of sp³-hybridized carbons (Fsp3) is 0.500. The van der Waals surface area contributed by atoms with Crippen molar-refractivity contribution in [1.82, 2.24) is 15.1 Å². The van der Waals surface area contributed by atoms with Crippen LogP contribution in [0.3, 0.4) is 0 Å². The topological polar surface area (TPSA) is 182 Å². The Morgan fingerprint density at radius 3 is 2.36 bits per heavy atom. The van der Waals surface area contributed by atoms with Crippen molar-refractivity contribution in [2.24, 2.45) is 0 Å². The van der Waals surface area contributed by atoms with Gasteiger partial charge in [0, 0.05) is 59.7 Å². The van der Waals surface area contributed by atoms with Gasteiger partial charge in [0.25, 0.3) is 0 Å². The summed E-state index contributed by atoms with van der Waals surface area (Å²) in [5, 5.41) is 39.2. The van der Waals surface area contributed by atoms with Gasteiger partial charge in [0.2, 0.25) is 6.79 Å². The molecule has 4 aliphatic heterocycles. The van der Waals surface area contributed by atoms with E-state index in [1.807, 2.05) is 43.1 Å². The molecule has 1 amide bonds. The number of likely N-dealkylation sites (N-methyl/N-ethyl adjacent to an activating group) is 1. The monoisotopic (exact) mass is 922 g/mol. The summed E-state index contributed by atoms with van der Waals surface area (Å²) in [5.74, 6) is 1.70. The summed E-state index contributed by atoms with van der Waals surface area (Å²) in [6.45, 7) is 8.31. The first-order valence-corrected chi connectivity index (χ1v) is 23.5. The zero-order chi connectivity index (χ0) is 46.8. The van der Waals surface area contributed by atoms with Gasteiger partial charge in [-0.1, -0.05) is 54.6 Å². The summed E-state index contributed by atoms with van der Waals surface area (Å²) in [7, 11) is 5.08. The molecule has 4 heterocycles. The molecule has 16 heteroatoms. The van der Waals surface area contributed by atoms with E-state index in [4.69, 9.17) is 33.2 Å². The Labute approximate surface area is 389 Å². The summed E-state index contributed by atoms with van der Waals surface area (Å²) < 4.78 is 41.6. The number of aliphatic hydroxyl groups is 2. The molecule has 9 rings (SSSR count). The van der Waals surface area contributed by atoms with Crippen molar-refractivity contribution in [2.45, 2.75) is 107 Å². The van der Waals surface area contributed by atoms with E-state index in [9.17, 15) is 25.1 Å². The van der Waals surface area contributed by atoms with Gasteiger partial charge in [-0.05, 0) is 81.5 Å². The van der Waals surface area contributed by atoms with Crippen LogP contribution >= 0.6 is 11.8 Å². The molecule has 15 nitrogen and oxygen atoms in total. The second-order valence-electron chi connectivity index (χ2n) is 19.0. The minimum atomic E-state index is -1.94. The number of hydrogen-bond acceptors (Lipinski definition) is 15. The smallest absolute Gasteiger partial charge is 0.408 e. The molecule has 3 unspecified atom stereocenters. The Morgan fingerprint density at radius 2 is 1.71 bits per heavy atom. The molecular weight excluding hydrogens is 865 g/mol. The molecule has 0 spiro atoms. The highest BCUT2D eigenvalue weighted by molar-refractivity contribution is 7.99. The Morgan fingerprint density at radius 1 is 1.03 bits per heavy atom. The van der Waals surface area contributed by atoms with E-state index >= 15 is 0 Å². The van der Waals surface area contributed by atoms with Gasteiger partial charge in [-0.15, -0.1) is 0 Å². The molecule has 0 saturated carbocycles. The number of aliphatic hydroxyl groups excluding tert-OH is 1. The van der Waals surface area contributed by atoms with Crippen LogP contribution in [0.2, 0.25) is 0 Å². The maximum Gasteiger partial charge on any atom is 0.408 e. The lowest BCUT2D eigenvalue weighted by atomic mass is 9.64. The Kier molecular flexibility index (Phi) is 12.3. The van der Waals surface area contributed by atoms with Crippen molar-refractivity contribution in [3.63, 3.8) is 0 Å². The number of amides is 1. The Balaban J connectivity index is 1.08. The van der Waals surface area contributed by atoms with E-state index in [1.165, 1.54) is 41.1 Å². The highest BCUT2D eigenvalue weighted by atomic mass is 32.2. The van der Waals surface area contributed by atoms with Crippen LogP contribution in [0.1, 0.15) is 73.9 Å². The summed E-state index contributed by atoms with van der Waals surface area (Å²) in [4.78, 5) is 32.2. The molecule has 3 aromatic carbocycles. The average Bonchev–Trinajstić information content (AvgIpc) is 3.89. The highest BCUT2D eigenvalue weighted by Crippen LogP contribution is 2.58. The van der Waals surface area contributed by atoms with Crippen molar-refractivity contribution in [3.8, 4) is 28.7 Å². The lowest BCUT2D eigenvalue weighted by Crippen LogP contribution is -2.74. The standard InChI is InChI=1S/C50H58N4O11S/c1-26-17-28-18-35-37(20-51)54-36(41(53(35)6)39(28)44(42(26)60-8)62-24-59-7)19-50(58)40(45-43(63-25-64-45)27(2)46(50)55)38(54)21-61-47(56)34(52-48(57)65-49(3,4)5)23-66-22-33-31-15-11-9-13-29(31)30-14-10-12-16-32(30)33/h9-17,33-38,41,46,55,58H,18-19,21-25H2,1-8H3,(H,52,57)/t34-,35+,36?,37+,38+,41+,46?,50?/m1/s1. The molecule has 2 aliphatic carbocycles. The Hall–Kier alpha value is -5.28. The van der Waals surface area contributed by atoms with Gasteiger partial charge >= 0.3 is 12.1 Å². The number of nitrogens with zero attached hydrogens (tertiary/aromatic N) is 3. The highest BCUT2D eigenvalue weighted by Gasteiger charge is 2.64. The first-order valence-electron chi connectivity index (χ1n) is 22.4. The van der Waals surface area contributed by atoms with E-state index in [1.54, 1.807) is 34.8 Å². The number of alkyl carbamates (subject to hydrolysis) is 1. The van der Waals surface area contributed by atoms with E-state index in [2.05, 4.69) is 46.6 Å². The van der Waals surface area contributed by atoms with Crippen molar-refractivity contribution >= 4 is 23.8 Å². The number of esters is 1. The number of fused-ring (bicyclic) bond motifs is 11. The molecule has 3 fully saturated rings. The van der Waals surface area contributed by atoms with E-state index in [0.717, 1.165) is 16.7 Å². The molecule has 8 atom stereocenters. The van der Waals surface area contributed by atoms with Crippen LogP contribution in [-0.4, -0.2) is 133 Å². The predicted molar refractivity (Wildman–Crippen MR) is 245 cm³/mol. The first-order chi connectivity index (χ1) is 31.6. The van der Waals surface area contributed by atoms with Crippen molar-refractivity contribution in [2.75, 3.05) is 53.0 Å². The second-order valence-corrected chi connectivity index (χ2v) is 20.0. The molecule has 3 aromatic rings. The molecule has 6 aliphatic rings.